The van der Waals surface area contributed by atoms with E-state index in [-0.39, 0.29) is 0 Å². The Labute approximate surface area is 229 Å². The van der Waals surface area contributed by atoms with Crippen molar-refractivity contribution in [2.75, 3.05) is 44.8 Å². The predicted molar refractivity (Wildman–Crippen MR) is 131 cm³/mol. The van der Waals surface area contributed by atoms with Gasteiger partial charge in [0.2, 0.25) is 5.60 Å². The molecule has 2 aliphatic rings. The van der Waals surface area contributed by atoms with Gasteiger partial charge in [0.05, 0.1) is 7.11 Å². The number of methoxy groups -OCH3 is 1. The number of hydrogen-bond donors (Lipinski definition) is 4. The zero-order valence-electron chi connectivity index (χ0n) is 21.3. The monoisotopic (exact) mass is 608 g/mol. The highest BCUT2D eigenvalue weighted by atomic mass is 32.2. The highest BCUT2D eigenvalue weighted by Crippen LogP contribution is 2.35. The highest BCUT2D eigenvalue weighted by Gasteiger charge is 2.42. The molecule has 0 spiro atoms. The average Bonchev–Trinajstić information content (AvgIpc) is 3.14. The van der Waals surface area contributed by atoms with Crippen molar-refractivity contribution in [3.63, 3.8) is 0 Å². The van der Waals surface area contributed by atoms with Crippen molar-refractivity contribution in [2.45, 2.75) is 43.8 Å². The molecule has 1 aromatic carbocycles. The second kappa shape index (κ2) is 15.8. The van der Waals surface area contributed by atoms with Crippen LogP contribution in [0, 0.1) is 0 Å². The number of carboxylic acid groups (broad SMARTS) is 3. The number of nitrogens with one attached hydrogen (secondary N) is 1. The number of hydrogen-bond acceptors (Lipinski definition) is 8. The van der Waals surface area contributed by atoms with Gasteiger partial charge < -0.3 is 30.1 Å². The number of halogens is 6. The summed E-state index contributed by atoms with van der Waals surface area (Å²) in [5, 5.41) is 27.4. The molecule has 2 heterocycles. The van der Waals surface area contributed by atoms with E-state index in [1.165, 1.54) is 0 Å². The average molecular weight is 609 g/mol. The number of alkyl halides is 6. The molecule has 228 valence electrons. The Morgan fingerprint density at radius 1 is 0.975 bits per heavy atom. The summed E-state index contributed by atoms with van der Waals surface area (Å²) in [6, 6.07) is 5.71. The van der Waals surface area contributed by atoms with Crippen LogP contribution in [-0.2, 0) is 20.9 Å². The topological polar surface area (TPSA) is 146 Å². The molecule has 2 saturated heterocycles. The van der Waals surface area contributed by atoms with E-state index < -0.39 is 35.9 Å². The SMILES string of the molecule is COc1cc(OC2(C(=O)O)CCSCC2)ccc1CN1CCCNCC1.O=C(O)C(F)(F)F.O=C(O)C(F)(F)F. The molecule has 0 saturated carbocycles. The van der Waals surface area contributed by atoms with Gasteiger partial charge in [-0.05, 0) is 37.1 Å². The number of thioether (sulfide) groups is 1. The molecule has 1 aromatic rings. The molecule has 0 aromatic heterocycles. The summed E-state index contributed by atoms with van der Waals surface area (Å²) in [7, 11) is 1.65. The number of nitrogens with zero attached hydrogens (tertiary/aromatic N) is 1. The summed E-state index contributed by atoms with van der Waals surface area (Å²) in [6.07, 6.45) is -7.97. The van der Waals surface area contributed by atoms with Gasteiger partial charge in [-0.1, -0.05) is 6.07 Å². The first kappa shape index (κ1) is 35.1. The zero-order chi connectivity index (χ0) is 30.6. The maximum absolute atomic E-state index is 11.8. The number of aliphatic carboxylic acids is 3. The summed E-state index contributed by atoms with van der Waals surface area (Å²) in [4.78, 5) is 32.0. The summed E-state index contributed by atoms with van der Waals surface area (Å²) in [6.45, 7) is 4.97. The lowest BCUT2D eigenvalue weighted by Crippen LogP contribution is -2.47. The van der Waals surface area contributed by atoms with Crippen LogP contribution in [0.4, 0.5) is 26.3 Å². The van der Waals surface area contributed by atoms with E-state index in [1.54, 1.807) is 18.9 Å². The number of rotatable bonds is 6. The molecule has 10 nitrogen and oxygen atoms in total. The van der Waals surface area contributed by atoms with E-state index in [9.17, 15) is 36.2 Å². The Morgan fingerprint density at radius 2 is 1.52 bits per heavy atom. The van der Waals surface area contributed by atoms with Crippen LogP contribution in [0.3, 0.4) is 0 Å². The number of benzene rings is 1. The first-order chi connectivity index (χ1) is 18.5. The van der Waals surface area contributed by atoms with Crippen LogP contribution in [0.15, 0.2) is 18.2 Å². The first-order valence-corrected chi connectivity index (χ1v) is 12.9. The number of carboxylic acids is 3. The minimum absolute atomic E-state index is 0.526. The van der Waals surface area contributed by atoms with E-state index in [2.05, 4.69) is 10.2 Å². The molecule has 2 aliphatic heterocycles. The molecule has 0 radical (unpaired) electrons. The third-order valence-corrected chi connectivity index (χ3v) is 6.56. The molecule has 0 unspecified atom stereocenters. The van der Waals surface area contributed by atoms with E-state index in [0.29, 0.717) is 18.6 Å². The summed E-state index contributed by atoms with van der Waals surface area (Å²) >= 11 is 1.78. The fourth-order valence-electron chi connectivity index (χ4n) is 3.51. The molecular formula is C23H30F6N2O8S. The van der Waals surface area contributed by atoms with E-state index in [0.717, 1.165) is 62.0 Å². The van der Waals surface area contributed by atoms with Crippen LogP contribution in [0.25, 0.3) is 0 Å². The van der Waals surface area contributed by atoms with Gasteiger partial charge in [-0.25, -0.2) is 14.4 Å². The molecule has 2 fully saturated rings. The first-order valence-electron chi connectivity index (χ1n) is 11.7. The number of carbonyl (C=O) groups is 3. The quantitative estimate of drug-likeness (QED) is 0.352. The highest BCUT2D eigenvalue weighted by molar-refractivity contribution is 7.99. The van der Waals surface area contributed by atoms with E-state index >= 15 is 0 Å². The lowest BCUT2D eigenvalue weighted by molar-refractivity contribution is -0.193. The van der Waals surface area contributed by atoms with Crippen molar-refractivity contribution in [2.24, 2.45) is 0 Å². The summed E-state index contributed by atoms with van der Waals surface area (Å²) < 4.78 is 75.0. The molecular weight excluding hydrogens is 578 g/mol. The molecule has 0 amide bonds. The van der Waals surface area contributed by atoms with Gasteiger partial charge >= 0.3 is 30.3 Å². The molecule has 0 bridgehead atoms. The summed E-state index contributed by atoms with van der Waals surface area (Å²) in [5.41, 5.74) is -0.0147. The third kappa shape index (κ3) is 12.1. The Kier molecular flexibility index (Phi) is 13.8. The van der Waals surface area contributed by atoms with Gasteiger partial charge in [0, 0.05) is 44.1 Å². The van der Waals surface area contributed by atoms with Gasteiger partial charge in [-0.15, -0.1) is 0 Å². The fourth-order valence-corrected chi connectivity index (χ4v) is 4.66. The second-order valence-electron chi connectivity index (χ2n) is 8.47. The lowest BCUT2D eigenvalue weighted by atomic mass is 9.96. The Bertz CT molecular complexity index is 955. The van der Waals surface area contributed by atoms with Crippen LogP contribution in [0.5, 0.6) is 11.5 Å². The zero-order valence-corrected chi connectivity index (χ0v) is 22.1. The fraction of sp³-hybridized carbons (Fsp3) is 0.609. The smallest absolute Gasteiger partial charge is 0.490 e. The molecule has 17 heteroatoms. The van der Waals surface area contributed by atoms with Gasteiger partial charge in [-0.2, -0.15) is 38.1 Å². The summed E-state index contributed by atoms with van der Waals surface area (Å²) in [5.74, 6) is -3.45. The van der Waals surface area contributed by atoms with Crippen LogP contribution < -0.4 is 14.8 Å². The number of ether oxygens (including phenoxy) is 2. The lowest BCUT2D eigenvalue weighted by Gasteiger charge is -2.33. The normalized spacial score (nSPS) is 17.6. The predicted octanol–water partition coefficient (Wildman–Crippen LogP) is 3.49. The van der Waals surface area contributed by atoms with Crippen molar-refractivity contribution in [3.8, 4) is 11.5 Å². The van der Waals surface area contributed by atoms with Crippen molar-refractivity contribution in [1.29, 1.82) is 0 Å². The van der Waals surface area contributed by atoms with Crippen molar-refractivity contribution in [1.82, 2.24) is 10.2 Å². The van der Waals surface area contributed by atoms with Crippen LogP contribution in [0.2, 0.25) is 0 Å². The largest absolute Gasteiger partial charge is 0.496 e. The minimum Gasteiger partial charge on any atom is -0.496 e. The Hall–Kier alpha value is -2.92. The van der Waals surface area contributed by atoms with Crippen LogP contribution in [-0.4, -0.2) is 101 Å². The maximum Gasteiger partial charge on any atom is 0.490 e. The van der Waals surface area contributed by atoms with Gasteiger partial charge in [0.25, 0.3) is 0 Å². The van der Waals surface area contributed by atoms with Gasteiger partial charge in [-0.3, -0.25) is 4.90 Å². The standard InChI is InChI=1S/C19H28N2O4S.2C2HF3O2/c1-24-17-13-16(25-19(18(22)23)5-11-26-12-6-19)4-3-15(17)14-21-9-2-7-20-8-10-21;2*3-2(4,5)1(6)7/h3-4,13,20H,2,5-12,14H2,1H3,(H,22,23);2*(H,6,7). The minimum atomic E-state index is -5.08. The van der Waals surface area contributed by atoms with Gasteiger partial charge in [0.15, 0.2) is 0 Å². The maximum atomic E-state index is 11.8. The van der Waals surface area contributed by atoms with Crippen LogP contribution >= 0.6 is 11.8 Å². The van der Waals surface area contributed by atoms with Gasteiger partial charge in [0.1, 0.15) is 11.5 Å². The van der Waals surface area contributed by atoms with Crippen molar-refractivity contribution >= 4 is 29.7 Å². The van der Waals surface area contributed by atoms with Crippen LogP contribution in [0.1, 0.15) is 24.8 Å². The molecule has 40 heavy (non-hydrogen) atoms. The molecule has 0 aliphatic carbocycles. The van der Waals surface area contributed by atoms with Crippen molar-refractivity contribution < 1.29 is 65.5 Å². The Balaban J connectivity index is 0.000000473. The molecule has 4 N–H and O–H groups in total. The van der Waals surface area contributed by atoms with Crippen molar-refractivity contribution in [3.05, 3.63) is 23.8 Å². The van der Waals surface area contributed by atoms with E-state index in [1.807, 2.05) is 18.2 Å². The Morgan fingerprint density at radius 3 is 2.00 bits per heavy atom. The third-order valence-electron chi connectivity index (χ3n) is 5.57. The second-order valence-corrected chi connectivity index (χ2v) is 9.70. The van der Waals surface area contributed by atoms with E-state index in [4.69, 9.17) is 29.3 Å². The molecule has 3 rings (SSSR count). The molecule has 0 atom stereocenters.